The van der Waals surface area contributed by atoms with E-state index in [0.29, 0.717) is 12.0 Å². The fraction of sp³-hybridized carbons (Fsp3) is 0.500. The number of fused-ring (bicyclic) bond motifs is 1. The molecule has 32 heavy (non-hydrogen) atoms. The maximum atomic E-state index is 12.7. The van der Waals surface area contributed by atoms with Gasteiger partial charge in [0.15, 0.2) is 0 Å². The van der Waals surface area contributed by atoms with Crippen LogP contribution in [0.2, 0.25) is 0 Å². The van der Waals surface area contributed by atoms with Gasteiger partial charge in [0.05, 0.1) is 19.3 Å². The molecule has 1 aliphatic carbocycles. The number of benzene rings is 2. The van der Waals surface area contributed by atoms with Crippen molar-refractivity contribution < 1.29 is 19.0 Å². The van der Waals surface area contributed by atoms with Gasteiger partial charge >= 0.3 is 6.09 Å². The number of carbonyl (C=O) groups excluding carboxylic acids is 1. The average molecular weight is 437 g/mol. The first-order valence-corrected chi connectivity index (χ1v) is 11.8. The number of hydrogen-bond acceptors (Lipinski definition) is 5. The molecule has 2 aromatic rings. The minimum Gasteiger partial charge on any atom is -0.490 e. The van der Waals surface area contributed by atoms with Gasteiger partial charge in [-0.1, -0.05) is 37.3 Å². The molecular weight excluding hydrogens is 404 g/mol. The molecule has 0 spiro atoms. The van der Waals surface area contributed by atoms with E-state index >= 15 is 0 Å². The maximum Gasteiger partial charge on any atom is 0.407 e. The zero-order valence-corrected chi connectivity index (χ0v) is 18.6. The lowest BCUT2D eigenvalue weighted by atomic mass is 9.81. The number of alkyl carbamates (subject to hydrolysis) is 1. The molecule has 0 bridgehead atoms. The van der Waals surface area contributed by atoms with Crippen molar-refractivity contribution in [2.24, 2.45) is 11.8 Å². The van der Waals surface area contributed by atoms with E-state index in [1.54, 1.807) is 0 Å². The summed E-state index contributed by atoms with van der Waals surface area (Å²) in [4.78, 5) is 12.7. The SMILES string of the molecule is C[C@@H]1C(NC(=O)OCc2ccccc2)c2cc(OC3CCOCC3)ccc2N[C@H]1C1CC1. The standard InChI is InChI=1S/C26H32N2O4/c1-17-24(19-7-8-19)27-23-10-9-21(32-20-11-13-30-14-12-20)15-22(23)25(17)28-26(29)31-16-18-5-3-2-4-6-18/h2-6,9-10,15,17,19-20,24-25,27H,7-8,11-14,16H2,1H3,(H,28,29)/t17-,24+,25?/m0/s1. The molecule has 2 aliphatic heterocycles. The largest absolute Gasteiger partial charge is 0.490 e. The number of ether oxygens (including phenoxy) is 3. The molecule has 2 N–H and O–H groups in total. The second-order valence-corrected chi connectivity index (χ2v) is 9.23. The third-order valence-corrected chi connectivity index (χ3v) is 6.86. The summed E-state index contributed by atoms with van der Waals surface area (Å²) in [6, 6.07) is 16.2. The van der Waals surface area contributed by atoms with Crippen LogP contribution >= 0.6 is 0 Å². The molecule has 1 amide bonds. The van der Waals surface area contributed by atoms with E-state index in [2.05, 4.69) is 29.7 Å². The van der Waals surface area contributed by atoms with E-state index in [4.69, 9.17) is 14.2 Å². The third kappa shape index (κ3) is 4.85. The summed E-state index contributed by atoms with van der Waals surface area (Å²) >= 11 is 0. The van der Waals surface area contributed by atoms with Gasteiger partial charge in [-0.2, -0.15) is 0 Å². The first kappa shape index (κ1) is 21.1. The molecule has 0 radical (unpaired) electrons. The van der Waals surface area contributed by atoms with E-state index in [-0.39, 0.29) is 30.8 Å². The molecule has 2 aromatic carbocycles. The number of carbonyl (C=O) groups is 1. The van der Waals surface area contributed by atoms with Crippen molar-refractivity contribution in [3.8, 4) is 5.75 Å². The summed E-state index contributed by atoms with van der Waals surface area (Å²) in [6.45, 7) is 3.97. The Morgan fingerprint density at radius 3 is 2.62 bits per heavy atom. The van der Waals surface area contributed by atoms with Crippen LogP contribution in [0.15, 0.2) is 48.5 Å². The monoisotopic (exact) mass is 436 g/mol. The van der Waals surface area contributed by atoms with E-state index < -0.39 is 0 Å². The second kappa shape index (κ2) is 9.41. The molecule has 1 unspecified atom stereocenters. The zero-order chi connectivity index (χ0) is 21.9. The Hall–Kier alpha value is -2.73. The van der Waals surface area contributed by atoms with E-state index in [9.17, 15) is 4.79 Å². The van der Waals surface area contributed by atoms with Crippen LogP contribution in [-0.4, -0.2) is 31.5 Å². The van der Waals surface area contributed by atoms with Crippen LogP contribution in [-0.2, 0) is 16.1 Å². The molecule has 5 rings (SSSR count). The van der Waals surface area contributed by atoms with Gasteiger partial charge in [-0.25, -0.2) is 4.79 Å². The predicted octanol–water partition coefficient (Wildman–Crippen LogP) is 5.05. The third-order valence-electron chi connectivity index (χ3n) is 6.86. The van der Waals surface area contributed by atoms with Crippen molar-refractivity contribution in [2.75, 3.05) is 18.5 Å². The van der Waals surface area contributed by atoms with Gasteiger partial charge in [0.2, 0.25) is 0 Å². The van der Waals surface area contributed by atoms with Crippen LogP contribution in [0.3, 0.4) is 0 Å². The summed E-state index contributed by atoms with van der Waals surface area (Å²) in [5, 5.41) is 6.89. The molecule has 3 aliphatic rings. The highest BCUT2D eigenvalue weighted by Gasteiger charge is 2.42. The van der Waals surface area contributed by atoms with Crippen molar-refractivity contribution in [3.63, 3.8) is 0 Å². The highest BCUT2D eigenvalue weighted by Crippen LogP contribution is 2.46. The topological polar surface area (TPSA) is 68.8 Å². The van der Waals surface area contributed by atoms with Crippen molar-refractivity contribution in [2.45, 2.75) is 57.4 Å². The predicted molar refractivity (Wildman–Crippen MR) is 123 cm³/mol. The van der Waals surface area contributed by atoms with Gasteiger partial charge in [-0.3, -0.25) is 0 Å². The van der Waals surface area contributed by atoms with Gasteiger partial charge in [-0.05, 0) is 42.5 Å². The summed E-state index contributed by atoms with van der Waals surface area (Å²) in [5.74, 6) is 1.76. The average Bonchev–Trinajstić information content (AvgIpc) is 3.66. The lowest BCUT2D eigenvalue weighted by molar-refractivity contribution is 0.0255. The second-order valence-electron chi connectivity index (χ2n) is 9.23. The van der Waals surface area contributed by atoms with Crippen molar-refractivity contribution in [3.05, 3.63) is 59.7 Å². The Labute approximate surface area is 189 Å². The fourth-order valence-electron chi connectivity index (χ4n) is 4.89. The molecule has 6 nitrogen and oxygen atoms in total. The van der Waals surface area contributed by atoms with Gasteiger partial charge < -0.3 is 24.8 Å². The normalized spacial score (nSPS) is 25.3. The lowest BCUT2D eigenvalue weighted by Gasteiger charge is -2.39. The van der Waals surface area contributed by atoms with Gasteiger partial charge in [0, 0.05) is 36.1 Å². The smallest absolute Gasteiger partial charge is 0.407 e. The van der Waals surface area contributed by atoms with Crippen LogP contribution < -0.4 is 15.4 Å². The molecular formula is C26H32N2O4. The molecule has 1 saturated heterocycles. The maximum absolute atomic E-state index is 12.7. The minimum absolute atomic E-state index is 0.127. The highest BCUT2D eigenvalue weighted by molar-refractivity contribution is 5.70. The quantitative estimate of drug-likeness (QED) is 0.663. The van der Waals surface area contributed by atoms with Crippen LogP contribution in [0.25, 0.3) is 0 Å². The van der Waals surface area contributed by atoms with E-state index in [0.717, 1.165) is 48.6 Å². The molecule has 3 atom stereocenters. The van der Waals surface area contributed by atoms with Crippen LogP contribution in [0.5, 0.6) is 5.75 Å². The Balaban J connectivity index is 1.32. The van der Waals surface area contributed by atoms with Gasteiger partial charge in [0.25, 0.3) is 0 Å². The Morgan fingerprint density at radius 1 is 1.09 bits per heavy atom. The van der Waals surface area contributed by atoms with Crippen LogP contribution in [0, 0.1) is 11.8 Å². The van der Waals surface area contributed by atoms with E-state index in [1.165, 1.54) is 12.8 Å². The molecule has 2 heterocycles. The van der Waals surface area contributed by atoms with Crippen LogP contribution in [0.4, 0.5) is 10.5 Å². The lowest BCUT2D eigenvalue weighted by Crippen LogP contribution is -2.45. The summed E-state index contributed by atoms with van der Waals surface area (Å²) < 4.78 is 17.2. The van der Waals surface area contributed by atoms with Crippen molar-refractivity contribution in [1.82, 2.24) is 5.32 Å². The first-order chi connectivity index (χ1) is 15.7. The highest BCUT2D eigenvalue weighted by atomic mass is 16.5. The molecule has 1 saturated carbocycles. The summed E-state index contributed by atoms with van der Waals surface area (Å²) in [6.07, 6.45) is 4.09. The number of rotatable bonds is 6. The van der Waals surface area contributed by atoms with Gasteiger partial charge in [-0.15, -0.1) is 0 Å². The number of amides is 1. The van der Waals surface area contributed by atoms with E-state index in [1.807, 2.05) is 36.4 Å². The van der Waals surface area contributed by atoms with Crippen molar-refractivity contribution >= 4 is 11.8 Å². The molecule has 0 aromatic heterocycles. The zero-order valence-electron chi connectivity index (χ0n) is 18.6. The van der Waals surface area contributed by atoms with Gasteiger partial charge in [0.1, 0.15) is 18.5 Å². The number of anilines is 1. The summed E-state index contributed by atoms with van der Waals surface area (Å²) in [5.41, 5.74) is 3.12. The number of nitrogens with one attached hydrogen (secondary N) is 2. The first-order valence-electron chi connectivity index (χ1n) is 11.8. The number of hydrogen-bond donors (Lipinski definition) is 2. The van der Waals surface area contributed by atoms with Crippen molar-refractivity contribution in [1.29, 1.82) is 0 Å². The summed E-state index contributed by atoms with van der Waals surface area (Å²) in [7, 11) is 0. The molecule has 170 valence electrons. The molecule has 6 heteroatoms. The van der Waals surface area contributed by atoms with Crippen LogP contribution in [0.1, 0.15) is 49.8 Å². The Morgan fingerprint density at radius 2 is 1.88 bits per heavy atom. The Bertz CT molecular complexity index is 925. The molecule has 2 fully saturated rings. The Kier molecular flexibility index (Phi) is 6.21. The minimum atomic E-state index is -0.385. The fourth-order valence-corrected chi connectivity index (χ4v) is 4.89.